The number of nitrogens with two attached hydrogens (primary N) is 1. The van der Waals surface area contributed by atoms with E-state index in [1.165, 1.54) is 11.3 Å². The zero-order chi connectivity index (χ0) is 15.1. The first-order valence-electron chi connectivity index (χ1n) is 5.88. The minimum Gasteiger partial charge on any atom is -0.303 e. The van der Waals surface area contributed by atoms with Crippen LogP contribution in [-0.2, 0) is 26.2 Å². The van der Waals surface area contributed by atoms with E-state index in [9.17, 15) is 10.1 Å². The van der Waals surface area contributed by atoms with Crippen molar-refractivity contribution in [2.75, 3.05) is 6.61 Å². The second kappa shape index (κ2) is 8.07. The lowest BCUT2D eigenvalue weighted by Crippen LogP contribution is -2.14. The summed E-state index contributed by atoms with van der Waals surface area (Å²) in [7, 11) is 0. The summed E-state index contributed by atoms with van der Waals surface area (Å²) < 4.78 is 0. The van der Waals surface area contributed by atoms with Crippen LogP contribution in [0.1, 0.15) is 35.5 Å². The van der Waals surface area contributed by atoms with Gasteiger partial charge in [-0.1, -0.05) is 13.8 Å². The van der Waals surface area contributed by atoms with Gasteiger partial charge in [0.15, 0.2) is 6.10 Å². The van der Waals surface area contributed by atoms with E-state index >= 15 is 0 Å². The maximum Gasteiger partial charge on any atom is 0.295 e. The Morgan fingerprint density at radius 2 is 2.20 bits per heavy atom. The Hall–Kier alpha value is -1.33. The molecule has 0 saturated carbocycles. The second-order valence-electron chi connectivity index (χ2n) is 4.29. The fourth-order valence-corrected chi connectivity index (χ4v) is 2.79. The average molecular weight is 307 g/mol. The van der Waals surface area contributed by atoms with Crippen LogP contribution >= 0.6 is 11.3 Å². The van der Waals surface area contributed by atoms with Gasteiger partial charge in [0.25, 0.3) is 5.09 Å². The highest BCUT2D eigenvalue weighted by Crippen LogP contribution is 2.31. The molecule has 10 heteroatoms. The molecule has 114 valence electrons. The SMILES string of the molecule is Cc1nc(C(O[N+](=O)[O-])C(C)C)sc1CCOOON. The van der Waals surface area contributed by atoms with Crippen molar-refractivity contribution in [1.29, 1.82) is 0 Å². The highest BCUT2D eigenvalue weighted by atomic mass is 32.1. The van der Waals surface area contributed by atoms with E-state index in [0.717, 1.165) is 10.6 Å². The van der Waals surface area contributed by atoms with E-state index in [1.54, 1.807) is 0 Å². The lowest BCUT2D eigenvalue weighted by atomic mass is 10.1. The van der Waals surface area contributed by atoms with Crippen LogP contribution in [0.3, 0.4) is 0 Å². The first kappa shape index (κ1) is 16.7. The molecule has 0 fully saturated rings. The highest BCUT2D eigenvalue weighted by molar-refractivity contribution is 7.11. The van der Waals surface area contributed by atoms with Gasteiger partial charge in [-0.15, -0.1) is 26.4 Å². The fraction of sp³-hybridized carbons (Fsp3) is 0.700. The number of thiazole rings is 1. The van der Waals surface area contributed by atoms with Gasteiger partial charge in [0.1, 0.15) is 5.01 Å². The Morgan fingerprint density at radius 3 is 2.75 bits per heavy atom. The molecule has 0 aromatic carbocycles. The van der Waals surface area contributed by atoms with Crippen LogP contribution in [0.25, 0.3) is 0 Å². The molecule has 0 aliphatic heterocycles. The van der Waals surface area contributed by atoms with Gasteiger partial charge < -0.3 is 4.84 Å². The van der Waals surface area contributed by atoms with Gasteiger partial charge in [-0.3, -0.25) is 0 Å². The monoisotopic (exact) mass is 307 g/mol. The van der Waals surface area contributed by atoms with Gasteiger partial charge in [-0.25, -0.2) is 9.87 Å². The number of aryl methyl sites for hydroxylation is 1. The quantitative estimate of drug-likeness (QED) is 0.316. The Morgan fingerprint density at radius 1 is 1.50 bits per heavy atom. The van der Waals surface area contributed by atoms with E-state index in [1.807, 2.05) is 20.8 Å². The van der Waals surface area contributed by atoms with Gasteiger partial charge in [0.2, 0.25) is 0 Å². The average Bonchev–Trinajstić information content (AvgIpc) is 2.72. The van der Waals surface area contributed by atoms with Gasteiger partial charge in [0.05, 0.1) is 12.3 Å². The molecule has 0 aliphatic rings. The van der Waals surface area contributed by atoms with Crippen LogP contribution in [0, 0.1) is 23.0 Å². The molecule has 1 aromatic rings. The molecule has 1 unspecified atom stereocenters. The highest BCUT2D eigenvalue weighted by Gasteiger charge is 2.24. The van der Waals surface area contributed by atoms with Crippen molar-refractivity contribution in [2.45, 2.75) is 33.3 Å². The molecule has 0 saturated heterocycles. The number of rotatable bonds is 9. The lowest BCUT2D eigenvalue weighted by Gasteiger charge is -2.15. The van der Waals surface area contributed by atoms with Crippen molar-refractivity contribution in [2.24, 2.45) is 11.8 Å². The third-order valence-electron chi connectivity index (χ3n) is 2.46. The Labute approximate surface area is 119 Å². The van der Waals surface area contributed by atoms with Crippen molar-refractivity contribution in [3.63, 3.8) is 0 Å². The summed E-state index contributed by atoms with van der Waals surface area (Å²) in [6.07, 6.45) is -0.150. The number of nitrogens with zero attached hydrogens (tertiary/aromatic N) is 2. The Kier molecular flexibility index (Phi) is 6.75. The molecule has 1 atom stereocenters. The molecular weight excluding hydrogens is 290 g/mol. The molecule has 1 aromatic heterocycles. The summed E-state index contributed by atoms with van der Waals surface area (Å²) in [5, 5.41) is 14.4. The molecule has 0 aliphatic carbocycles. The second-order valence-corrected chi connectivity index (χ2v) is 5.41. The van der Waals surface area contributed by atoms with Gasteiger partial charge in [-0.2, -0.15) is 5.90 Å². The molecule has 0 spiro atoms. The third-order valence-corrected chi connectivity index (χ3v) is 3.74. The summed E-state index contributed by atoms with van der Waals surface area (Å²) >= 11 is 1.35. The maximum absolute atomic E-state index is 10.5. The fourth-order valence-electron chi connectivity index (χ4n) is 1.55. The lowest BCUT2D eigenvalue weighted by molar-refractivity contribution is -0.772. The maximum atomic E-state index is 10.5. The van der Waals surface area contributed by atoms with Crippen LogP contribution in [0.2, 0.25) is 0 Å². The molecule has 20 heavy (non-hydrogen) atoms. The molecule has 1 heterocycles. The minimum atomic E-state index is -0.795. The van der Waals surface area contributed by atoms with E-state index in [-0.39, 0.29) is 12.5 Å². The minimum absolute atomic E-state index is 0.0657. The van der Waals surface area contributed by atoms with Crippen LogP contribution in [0.15, 0.2) is 0 Å². The Bertz CT molecular complexity index is 439. The van der Waals surface area contributed by atoms with Gasteiger partial charge >= 0.3 is 0 Å². The predicted molar refractivity (Wildman–Crippen MR) is 68.5 cm³/mol. The van der Waals surface area contributed by atoms with Crippen molar-refractivity contribution >= 4 is 11.3 Å². The predicted octanol–water partition coefficient (Wildman–Crippen LogP) is 1.65. The van der Waals surface area contributed by atoms with E-state index < -0.39 is 11.2 Å². The summed E-state index contributed by atoms with van der Waals surface area (Å²) in [6, 6.07) is 0. The molecule has 0 radical (unpaired) electrons. The first-order valence-corrected chi connectivity index (χ1v) is 6.69. The smallest absolute Gasteiger partial charge is 0.295 e. The number of hydrogen-bond donors (Lipinski definition) is 1. The van der Waals surface area contributed by atoms with Crippen LogP contribution in [0.5, 0.6) is 0 Å². The number of hydrogen-bond acceptors (Lipinski definition) is 9. The first-order chi connectivity index (χ1) is 9.45. The van der Waals surface area contributed by atoms with Gasteiger partial charge in [-0.05, 0) is 17.9 Å². The summed E-state index contributed by atoms with van der Waals surface area (Å²) in [5.74, 6) is 4.56. The summed E-state index contributed by atoms with van der Waals surface area (Å²) in [6.45, 7) is 5.71. The van der Waals surface area contributed by atoms with Crippen molar-refractivity contribution in [3.8, 4) is 0 Å². The van der Waals surface area contributed by atoms with Crippen LogP contribution < -0.4 is 5.90 Å². The standard InChI is InChI=1S/C10H17N3O6S/c1-6(2)9(17-13(14)15)10-12-7(3)8(20-10)4-5-16-19-18-11/h6,9H,4-5,11H2,1-3H3. The molecule has 2 N–H and O–H groups in total. The zero-order valence-electron chi connectivity index (χ0n) is 11.4. The zero-order valence-corrected chi connectivity index (χ0v) is 12.2. The Balaban J connectivity index is 2.72. The normalized spacial score (nSPS) is 12.7. The van der Waals surface area contributed by atoms with Gasteiger partial charge in [0, 0.05) is 11.3 Å². The molecule has 1 rings (SSSR count). The molecule has 0 amide bonds. The van der Waals surface area contributed by atoms with E-state index in [4.69, 9.17) is 0 Å². The summed E-state index contributed by atoms with van der Waals surface area (Å²) in [4.78, 5) is 28.9. The van der Waals surface area contributed by atoms with Crippen molar-refractivity contribution in [3.05, 3.63) is 25.7 Å². The van der Waals surface area contributed by atoms with Crippen molar-refractivity contribution in [1.82, 2.24) is 4.98 Å². The topological polar surface area (TPSA) is 119 Å². The van der Waals surface area contributed by atoms with Crippen molar-refractivity contribution < 1.29 is 24.8 Å². The largest absolute Gasteiger partial charge is 0.303 e. The van der Waals surface area contributed by atoms with Crippen LogP contribution in [-0.4, -0.2) is 16.7 Å². The third kappa shape index (κ3) is 4.98. The number of aromatic nitrogens is 1. The summed E-state index contributed by atoms with van der Waals surface area (Å²) in [5.41, 5.74) is 0.778. The molecule has 9 nitrogen and oxygen atoms in total. The van der Waals surface area contributed by atoms with E-state index in [2.05, 4.69) is 30.6 Å². The van der Waals surface area contributed by atoms with Crippen LogP contribution in [0.4, 0.5) is 0 Å². The molecule has 0 bridgehead atoms. The van der Waals surface area contributed by atoms with E-state index in [0.29, 0.717) is 11.4 Å². The molecular formula is C10H17N3O6S.